The fraction of sp³-hybridized carbons (Fsp3) is 1.00. The van der Waals surface area contributed by atoms with Crippen molar-refractivity contribution in [3.8, 4) is 0 Å². The summed E-state index contributed by atoms with van der Waals surface area (Å²) < 4.78 is 8.74. The second kappa shape index (κ2) is 23.1. The lowest BCUT2D eigenvalue weighted by Gasteiger charge is -2.05. The molecular weight excluding hydrogens is 319 g/mol. The first-order chi connectivity index (χ1) is 11.5. The van der Waals surface area contributed by atoms with Gasteiger partial charge in [-0.1, -0.05) is 124 Å². The zero-order valence-electron chi connectivity index (χ0n) is 16.7. The highest BCUT2D eigenvalue weighted by molar-refractivity contribution is 7.30. The van der Waals surface area contributed by atoms with E-state index in [2.05, 4.69) is 20.8 Å². The molecule has 0 rings (SSSR count). The zero-order chi connectivity index (χ0) is 18.5. The first-order valence-corrected chi connectivity index (χ1v) is 11.7. The van der Waals surface area contributed by atoms with Gasteiger partial charge in [0.2, 0.25) is 0 Å². The monoisotopic (exact) mass is 364 g/mol. The van der Waals surface area contributed by atoms with Gasteiger partial charge in [0.05, 0.1) is 0 Å². The molecule has 0 aromatic carbocycles. The molecule has 0 aromatic rings. The highest BCUT2D eigenvalue weighted by Crippen LogP contribution is 2.14. The van der Waals surface area contributed by atoms with Gasteiger partial charge in [-0.15, -0.1) is 0 Å². The Kier molecular flexibility index (Phi) is 25.4. The minimum atomic E-state index is -3.13. The first-order valence-electron chi connectivity index (χ1n) is 10.4. The van der Waals surface area contributed by atoms with Crippen molar-refractivity contribution in [1.29, 1.82) is 0 Å². The van der Waals surface area contributed by atoms with Crippen LogP contribution in [0.3, 0.4) is 0 Å². The van der Waals surface area contributed by atoms with Crippen molar-refractivity contribution in [2.24, 2.45) is 5.92 Å². The van der Waals surface area contributed by atoms with Crippen LogP contribution in [-0.2, 0) is 4.57 Å². The molecule has 3 nitrogen and oxygen atoms in total. The van der Waals surface area contributed by atoms with E-state index < -0.39 is 8.25 Å². The average Bonchev–Trinajstić information content (AvgIpc) is 2.50. The molecule has 0 heterocycles. The standard InChI is InChI=1S/C20H42.H3O3P/c1-4-5-6-7-8-9-10-11-12-13-14-15-16-17-18-19-20(2)3;1-4(2)3/h20H,4-19H2,1-3H3;4H,(H2,1,2,3). The van der Waals surface area contributed by atoms with E-state index in [4.69, 9.17) is 14.4 Å². The summed E-state index contributed by atoms with van der Waals surface area (Å²) in [5.41, 5.74) is 0. The lowest BCUT2D eigenvalue weighted by atomic mass is 10.0. The summed E-state index contributed by atoms with van der Waals surface area (Å²) in [4.78, 5) is 14.3. The molecule has 24 heavy (non-hydrogen) atoms. The van der Waals surface area contributed by atoms with Gasteiger partial charge in [0.15, 0.2) is 0 Å². The maximum atomic E-state index is 8.74. The third kappa shape index (κ3) is 33.7. The van der Waals surface area contributed by atoms with Crippen molar-refractivity contribution >= 4 is 8.25 Å². The largest absolute Gasteiger partial charge is 0.326 e. The summed E-state index contributed by atoms with van der Waals surface area (Å²) >= 11 is 0. The number of rotatable bonds is 16. The van der Waals surface area contributed by atoms with Gasteiger partial charge in [-0.2, -0.15) is 0 Å². The van der Waals surface area contributed by atoms with Gasteiger partial charge in [-0.25, -0.2) is 0 Å². The highest BCUT2D eigenvalue weighted by atomic mass is 31.1. The second-order valence-corrected chi connectivity index (χ2v) is 7.98. The summed E-state index contributed by atoms with van der Waals surface area (Å²) in [5.74, 6) is 0.900. The normalized spacial score (nSPS) is 11.0. The van der Waals surface area contributed by atoms with Crippen LogP contribution in [0.5, 0.6) is 0 Å². The summed E-state index contributed by atoms with van der Waals surface area (Å²) in [6, 6.07) is 0. The van der Waals surface area contributed by atoms with Crippen LogP contribution in [0.25, 0.3) is 0 Å². The third-order valence-corrected chi connectivity index (χ3v) is 4.39. The maximum absolute atomic E-state index is 8.74. The van der Waals surface area contributed by atoms with Crippen molar-refractivity contribution in [2.45, 2.75) is 124 Å². The van der Waals surface area contributed by atoms with E-state index >= 15 is 0 Å². The van der Waals surface area contributed by atoms with E-state index in [1.807, 2.05) is 0 Å². The van der Waals surface area contributed by atoms with Gasteiger partial charge >= 0.3 is 8.25 Å². The number of hydrogen-bond donors (Lipinski definition) is 2. The van der Waals surface area contributed by atoms with Gasteiger partial charge in [-0.3, -0.25) is 4.57 Å². The van der Waals surface area contributed by atoms with Crippen molar-refractivity contribution in [3.63, 3.8) is 0 Å². The summed E-state index contributed by atoms with van der Waals surface area (Å²) in [7, 11) is -3.13. The van der Waals surface area contributed by atoms with Crippen molar-refractivity contribution in [2.75, 3.05) is 0 Å². The lowest BCUT2D eigenvalue weighted by Crippen LogP contribution is -1.87. The Hall–Kier alpha value is 0.150. The van der Waals surface area contributed by atoms with Gasteiger partial charge in [0, 0.05) is 0 Å². The molecule has 0 amide bonds. The zero-order valence-corrected chi connectivity index (χ0v) is 17.7. The van der Waals surface area contributed by atoms with Gasteiger partial charge < -0.3 is 9.79 Å². The molecule has 0 aromatic heterocycles. The molecule has 2 N–H and O–H groups in total. The third-order valence-electron chi connectivity index (χ3n) is 4.39. The average molecular weight is 365 g/mol. The quantitative estimate of drug-likeness (QED) is 0.224. The summed E-state index contributed by atoms with van der Waals surface area (Å²) in [5, 5.41) is 0. The Morgan fingerprint density at radius 2 is 0.875 bits per heavy atom. The predicted molar refractivity (Wildman–Crippen MR) is 108 cm³/mol. The molecule has 0 aliphatic heterocycles. The minimum Gasteiger partial charge on any atom is -0.326 e. The number of unbranched alkanes of at least 4 members (excludes halogenated alkanes) is 14. The first kappa shape index (κ1) is 26.4. The fourth-order valence-electron chi connectivity index (χ4n) is 2.92. The van der Waals surface area contributed by atoms with E-state index in [9.17, 15) is 0 Å². The molecule has 4 heteroatoms. The van der Waals surface area contributed by atoms with Crippen molar-refractivity contribution < 1.29 is 14.4 Å². The van der Waals surface area contributed by atoms with E-state index in [0.29, 0.717) is 0 Å². The molecule has 0 aliphatic carbocycles. The SMILES string of the molecule is CCCCCCCCCCCCCCCCCC(C)C.O=[PH](O)O. The van der Waals surface area contributed by atoms with E-state index in [0.717, 1.165) is 5.92 Å². The lowest BCUT2D eigenvalue weighted by molar-refractivity contribution is 0.405. The molecule has 0 saturated heterocycles. The van der Waals surface area contributed by atoms with Crippen LogP contribution in [0, 0.1) is 5.92 Å². The molecule has 0 atom stereocenters. The molecule has 0 bridgehead atoms. The molecule has 0 spiro atoms. The van der Waals surface area contributed by atoms with Crippen LogP contribution in [0.1, 0.15) is 124 Å². The van der Waals surface area contributed by atoms with Crippen molar-refractivity contribution in [1.82, 2.24) is 0 Å². The van der Waals surface area contributed by atoms with Crippen LogP contribution in [0.2, 0.25) is 0 Å². The van der Waals surface area contributed by atoms with Crippen molar-refractivity contribution in [3.05, 3.63) is 0 Å². The Morgan fingerprint density at radius 3 is 1.12 bits per heavy atom. The van der Waals surface area contributed by atoms with Crippen LogP contribution in [0.15, 0.2) is 0 Å². The molecular formula is C20H45O3P. The number of hydrogen-bond acceptors (Lipinski definition) is 1. The smallest absolute Gasteiger partial charge is 0.314 e. The van der Waals surface area contributed by atoms with E-state index in [1.54, 1.807) is 0 Å². The maximum Gasteiger partial charge on any atom is 0.314 e. The highest BCUT2D eigenvalue weighted by Gasteiger charge is 1.95. The molecule has 0 fully saturated rings. The van der Waals surface area contributed by atoms with Crippen LogP contribution in [0.4, 0.5) is 0 Å². The molecule has 0 saturated carbocycles. The minimum absolute atomic E-state index is 0.900. The topological polar surface area (TPSA) is 57.5 Å². The molecule has 0 unspecified atom stereocenters. The Labute approximate surface area is 152 Å². The Morgan fingerprint density at radius 1 is 0.625 bits per heavy atom. The molecule has 148 valence electrons. The van der Waals surface area contributed by atoms with E-state index in [-0.39, 0.29) is 0 Å². The van der Waals surface area contributed by atoms with Crippen LogP contribution in [-0.4, -0.2) is 9.79 Å². The Bertz CT molecular complexity index is 241. The van der Waals surface area contributed by atoms with Gasteiger partial charge in [0.25, 0.3) is 0 Å². The predicted octanol–water partition coefficient (Wildman–Crippen LogP) is 7.26. The second-order valence-electron chi connectivity index (χ2n) is 7.41. The molecule has 0 aliphatic rings. The Balaban J connectivity index is 0. The summed E-state index contributed by atoms with van der Waals surface area (Å²) in [6.07, 6.45) is 23.5. The van der Waals surface area contributed by atoms with Gasteiger partial charge in [0.1, 0.15) is 0 Å². The fourth-order valence-corrected chi connectivity index (χ4v) is 2.92. The molecule has 0 radical (unpaired) electrons. The summed E-state index contributed by atoms with van der Waals surface area (Å²) in [6.45, 7) is 6.97. The van der Waals surface area contributed by atoms with Gasteiger partial charge in [-0.05, 0) is 5.92 Å². The van der Waals surface area contributed by atoms with Crippen LogP contribution >= 0.6 is 8.25 Å². The van der Waals surface area contributed by atoms with E-state index in [1.165, 1.54) is 103 Å². The van der Waals surface area contributed by atoms with Crippen LogP contribution < -0.4 is 0 Å².